The Hall–Kier alpha value is -6.58. The molecule has 8 rings (SSSR count). The number of nitrogens with zero attached hydrogens (tertiary/aromatic N) is 8. The molecule has 0 saturated carbocycles. The third kappa shape index (κ3) is 7.54. The van der Waals surface area contributed by atoms with Gasteiger partial charge in [0.1, 0.15) is 16.2 Å². The molecule has 2 fully saturated rings. The van der Waals surface area contributed by atoms with E-state index in [1.165, 1.54) is 16.9 Å². The monoisotopic (exact) mass is 784 g/mol. The van der Waals surface area contributed by atoms with E-state index in [9.17, 15) is 24.6 Å². The van der Waals surface area contributed by atoms with Crippen molar-refractivity contribution < 1.29 is 29.3 Å². The van der Waals surface area contributed by atoms with Crippen molar-refractivity contribution in [3.63, 3.8) is 0 Å². The Morgan fingerprint density at radius 1 is 0.737 bits per heavy atom. The molecule has 0 radical (unpaired) electrons. The molecule has 6 aromatic rings. The number of likely N-dealkylation sites (tertiary alicyclic amines) is 2. The molecule has 2 saturated heterocycles. The van der Waals surface area contributed by atoms with E-state index in [0.717, 1.165) is 22.1 Å². The van der Waals surface area contributed by atoms with Crippen molar-refractivity contribution in [2.75, 3.05) is 34.3 Å². The van der Waals surface area contributed by atoms with Crippen LogP contribution in [0.15, 0.2) is 73.3 Å². The fraction of sp³-hybridized carbons (Fsp3) is 0.262. The summed E-state index contributed by atoms with van der Waals surface area (Å²) in [5.74, 6) is 9.97. The first-order valence-electron chi connectivity index (χ1n) is 17.8. The number of methoxy groups -OCH3 is 1. The van der Waals surface area contributed by atoms with E-state index in [1.807, 2.05) is 49.0 Å². The van der Waals surface area contributed by atoms with Crippen LogP contribution in [0.1, 0.15) is 34.5 Å². The second-order valence-corrected chi connectivity index (χ2v) is 14.3. The lowest BCUT2D eigenvalue weighted by molar-refractivity contribution is -0.138. The number of fused-ring (bicyclic) bond motifs is 2. The summed E-state index contributed by atoms with van der Waals surface area (Å²) < 4.78 is 8.51. The van der Waals surface area contributed by atoms with E-state index >= 15 is 0 Å². The van der Waals surface area contributed by atoms with Crippen LogP contribution in [-0.4, -0.2) is 112 Å². The second kappa shape index (κ2) is 15.2. The molecule has 0 bridgehead atoms. The van der Waals surface area contributed by atoms with Crippen molar-refractivity contribution in [2.45, 2.75) is 24.0 Å². The van der Waals surface area contributed by atoms with Crippen LogP contribution in [0.5, 0.6) is 0 Å². The molecule has 0 spiro atoms. The summed E-state index contributed by atoms with van der Waals surface area (Å²) in [6.45, 7) is 0.958. The molecule has 2 aromatic carbocycles. The molecule has 57 heavy (non-hydrogen) atoms. The Bertz CT molecular complexity index is 2740. The highest BCUT2D eigenvalue weighted by molar-refractivity contribution is 6.30. The van der Waals surface area contributed by atoms with E-state index in [2.05, 4.69) is 43.6 Å². The minimum Gasteiger partial charge on any atom is -0.464 e. The van der Waals surface area contributed by atoms with Gasteiger partial charge in [-0.05, 0) is 30.3 Å². The molecule has 2 aliphatic heterocycles. The van der Waals surface area contributed by atoms with Crippen LogP contribution in [-0.2, 0) is 28.4 Å². The summed E-state index contributed by atoms with van der Waals surface area (Å²) in [6, 6.07) is 18.0. The number of aliphatic hydroxyl groups is 2. The molecule has 2 N–H and O–H groups in total. The SMILES string of the molecule is CN1CC[C@@](O)(C#Cc2cccc(-c3nc(Cl)cc4c3ncn4C)c2)C1=O.COC(=O)c1cc2c(ncn2C)c(-c2cccc(C#C[C@]3(O)CCN(C)C3=O)c2)n1. The predicted octanol–water partition coefficient (Wildman–Crippen LogP) is 3.60. The van der Waals surface area contributed by atoms with Crippen molar-refractivity contribution in [3.8, 4) is 46.2 Å². The average molecular weight is 785 g/mol. The summed E-state index contributed by atoms with van der Waals surface area (Å²) in [6.07, 6.45) is 3.94. The summed E-state index contributed by atoms with van der Waals surface area (Å²) in [4.78, 5) is 56.9. The first-order valence-corrected chi connectivity index (χ1v) is 18.2. The van der Waals surface area contributed by atoms with Crippen LogP contribution in [0.3, 0.4) is 0 Å². The van der Waals surface area contributed by atoms with Crippen molar-refractivity contribution in [2.24, 2.45) is 14.1 Å². The third-order valence-electron chi connectivity index (χ3n) is 9.91. The Morgan fingerprint density at radius 3 is 1.67 bits per heavy atom. The molecule has 15 heteroatoms. The zero-order valence-electron chi connectivity index (χ0n) is 31.7. The number of carbonyl (C=O) groups is 3. The molecule has 2 atom stereocenters. The van der Waals surface area contributed by atoms with Crippen molar-refractivity contribution >= 4 is 51.5 Å². The number of aryl methyl sites for hydroxylation is 2. The van der Waals surface area contributed by atoms with Crippen LogP contribution < -0.4 is 0 Å². The summed E-state index contributed by atoms with van der Waals surface area (Å²) in [5, 5.41) is 21.3. The minimum absolute atomic E-state index is 0.175. The van der Waals surface area contributed by atoms with Crippen molar-refractivity contribution in [1.29, 1.82) is 0 Å². The Morgan fingerprint density at radius 2 is 1.21 bits per heavy atom. The maximum atomic E-state index is 12.1. The molecule has 6 heterocycles. The van der Waals surface area contributed by atoms with Gasteiger partial charge in [0.05, 0.1) is 42.2 Å². The molecule has 14 nitrogen and oxygen atoms in total. The fourth-order valence-electron chi connectivity index (χ4n) is 6.62. The van der Waals surface area contributed by atoms with E-state index in [1.54, 1.807) is 61.6 Å². The summed E-state index contributed by atoms with van der Waals surface area (Å²) in [5.41, 5.74) is 3.90. The quantitative estimate of drug-likeness (QED) is 0.154. The average Bonchev–Trinajstić information content (AvgIpc) is 3.94. The third-order valence-corrected chi connectivity index (χ3v) is 10.1. The number of esters is 1. The summed E-state index contributed by atoms with van der Waals surface area (Å²) in [7, 11) is 8.33. The Labute approximate surface area is 332 Å². The molecule has 0 unspecified atom stereocenters. The lowest BCUT2D eigenvalue weighted by Gasteiger charge is -2.13. The number of imidazole rings is 2. The van der Waals surface area contributed by atoms with Crippen LogP contribution in [0.25, 0.3) is 44.6 Å². The Balaban J connectivity index is 0.000000175. The number of hydrogen-bond donors (Lipinski definition) is 2. The van der Waals surface area contributed by atoms with Crippen LogP contribution in [0.2, 0.25) is 5.15 Å². The summed E-state index contributed by atoms with van der Waals surface area (Å²) >= 11 is 6.18. The number of likely N-dealkylation sites (N-methyl/N-ethyl adjacent to an activating group) is 2. The van der Waals surface area contributed by atoms with Crippen LogP contribution in [0.4, 0.5) is 0 Å². The number of carbonyl (C=O) groups excluding carboxylic acids is 3. The minimum atomic E-state index is -1.66. The number of rotatable bonds is 3. The number of amides is 2. The number of aromatic nitrogens is 6. The highest BCUT2D eigenvalue weighted by atomic mass is 35.5. The van der Waals surface area contributed by atoms with E-state index in [-0.39, 0.29) is 18.0 Å². The van der Waals surface area contributed by atoms with E-state index < -0.39 is 23.1 Å². The van der Waals surface area contributed by atoms with Gasteiger partial charge in [-0.1, -0.05) is 59.5 Å². The number of ether oxygens (including phenoxy) is 1. The van der Waals surface area contributed by atoms with E-state index in [4.69, 9.17) is 16.3 Å². The number of hydrogen-bond acceptors (Lipinski definition) is 10. The zero-order valence-corrected chi connectivity index (χ0v) is 32.5. The maximum absolute atomic E-state index is 12.1. The van der Waals surface area contributed by atoms with Gasteiger partial charge in [-0.25, -0.2) is 24.7 Å². The lowest BCUT2D eigenvalue weighted by Crippen LogP contribution is -2.37. The van der Waals surface area contributed by atoms with Crippen LogP contribution in [0, 0.1) is 23.7 Å². The zero-order chi connectivity index (χ0) is 40.6. The molecule has 4 aromatic heterocycles. The lowest BCUT2D eigenvalue weighted by atomic mass is 10.0. The molecule has 288 valence electrons. The second-order valence-electron chi connectivity index (χ2n) is 13.9. The van der Waals surface area contributed by atoms with Gasteiger partial charge >= 0.3 is 5.97 Å². The first kappa shape index (κ1) is 38.7. The molecular weight excluding hydrogens is 748 g/mol. The van der Waals surface area contributed by atoms with Gasteiger partial charge in [0.2, 0.25) is 11.2 Å². The van der Waals surface area contributed by atoms with Crippen molar-refractivity contribution in [3.05, 3.63) is 95.3 Å². The number of benzene rings is 2. The highest BCUT2D eigenvalue weighted by Crippen LogP contribution is 2.30. The fourth-order valence-corrected chi connectivity index (χ4v) is 6.80. The standard InChI is InChI=1S/C22H20N4O4.C20H17ClN4O2/c1-25-10-9-22(29,21(25)28)8-7-14-5-4-6-15(11-14)18-19-17(26(2)13-23-19)12-16(24-18)20(27)30-3;1-24-9-8-20(27,19(24)26)7-6-13-4-3-5-14(10-13)17-18-15(11-16(21)23-17)25(2)12-22-18/h4-6,11-13,29H,9-10H2,1-3H3;3-5,10-12,27H,8-9H2,1-2H3/t22-;20-/m00/s1. The van der Waals surface area contributed by atoms with Gasteiger partial charge in [-0.2, -0.15) is 0 Å². The topological polar surface area (TPSA) is 169 Å². The van der Waals surface area contributed by atoms with Crippen molar-refractivity contribution in [1.82, 2.24) is 38.9 Å². The highest BCUT2D eigenvalue weighted by Gasteiger charge is 2.43. The normalized spacial score (nSPS) is 18.9. The molecule has 2 aliphatic rings. The van der Waals surface area contributed by atoms with Gasteiger partial charge in [0.25, 0.3) is 11.8 Å². The predicted molar refractivity (Wildman–Crippen MR) is 212 cm³/mol. The number of pyridine rings is 2. The number of halogens is 1. The van der Waals surface area contributed by atoms with Gasteiger partial charge in [-0.15, -0.1) is 0 Å². The van der Waals surface area contributed by atoms with Gasteiger partial charge in [0, 0.05) is 82.4 Å². The van der Waals surface area contributed by atoms with E-state index in [0.29, 0.717) is 58.3 Å². The molecule has 0 aliphatic carbocycles. The maximum Gasteiger partial charge on any atom is 0.356 e. The Kier molecular flexibility index (Phi) is 10.3. The van der Waals surface area contributed by atoms with Gasteiger partial charge in [0.15, 0.2) is 5.69 Å². The molecular formula is C42H37ClN8O6. The van der Waals surface area contributed by atoms with Crippen LogP contribution >= 0.6 is 11.6 Å². The largest absolute Gasteiger partial charge is 0.464 e. The first-order chi connectivity index (χ1) is 27.2. The smallest absolute Gasteiger partial charge is 0.356 e. The van der Waals surface area contributed by atoms with Gasteiger partial charge < -0.3 is 33.9 Å². The molecule has 2 amide bonds. The van der Waals surface area contributed by atoms with Gasteiger partial charge in [-0.3, -0.25) is 9.59 Å².